The minimum Gasteiger partial charge on any atom is -0.410 e. The van der Waals surface area contributed by atoms with Crippen LogP contribution in [0.2, 0.25) is 0 Å². The van der Waals surface area contributed by atoms with Crippen LogP contribution in [0.15, 0.2) is 34.1 Å². The van der Waals surface area contributed by atoms with Crippen LogP contribution >= 0.6 is 0 Å². The van der Waals surface area contributed by atoms with Crippen LogP contribution in [0.25, 0.3) is 0 Å². The smallest absolute Gasteiger partial charge is 0.105 e. The van der Waals surface area contributed by atoms with Crippen molar-refractivity contribution >= 4 is 11.4 Å². The molecule has 11 heavy (non-hydrogen) atoms. The molecule has 0 unspecified atom stereocenters. The molecule has 0 aliphatic heterocycles. The Morgan fingerprint density at radius 1 is 1.18 bits per heavy atom. The summed E-state index contributed by atoms with van der Waals surface area (Å²) < 4.78 is 0. The third kappa shape index (κ3) is 1.46. The molecule has 0 spiro atoms. The molecule has 0 heterocycles. The van der Waals surface area contributed by atoms with Gasteiger partial charge < -0.3 is 10.4 Å². The van der Waals surface area contributed by atoms with E-state index in [4.69, 9.17) is 10.4 Å². The quantitative estimate of drug-likeness (QED) is 0.311. The summed E-state index contributed by atoms with van der Waals surface area (Å²) >= 11 is 0. The van der Waals surface area contributed by atoms with E-state index in [1.54, 1.807) is 25.2 Å². The third-order valence-electron chi connectivity index (χ3n) is 1.40. The van der Waals surface area contributed by atoms with Gasteiger partial charge in [-0.1, -0.05) is 10.3 Å². The Balaban J connectivity index is 2.97. The van der Waals surface area contributed by atoms with Crippen LogP contribution in [-0.4, -0.2) is 21.8 Å². The maximum Gasteiger partial charge on any atom is 0.105 e. The largest absolute Gasteiger partial charge is 0.410 e. The molecule has 58 valence electrons. The first-order valence-electron chi connectivity index (χ1n) is 3.09. The van der Waals surface area contributed by atoms with E-state index in [-0.39, 0.29) is 0 Å². The SMILES string of the molecule is CC1=CC(=NO)C=CC1=NO. The summed E-state index contributed by atoms with van der Waals surface area (Å²) in [4.78, 5) is 0. The molecule has 0 atom stereocenters. The summed E-state index contributed by atoms with van der Waals surface area (Å²) in [5.41, 5.74) is 1.70. The van der Waals surface area contributed by atoms with Gasteiger partial charge in [-0.25, -0.2) is 0 Å². The molecule has 0 radical (unpaired) electrons. The zero-order valence-corrected chi connectivity index (χ0v) is 6.02. The van der Waals surface area contributed by atoms with Crippen molar-refractivity contribution in [3.05, 3.63) is 23.8 Å². The molecule has 0 amide bonds. The van der Waals surface area contributed by atoms with Crippen LogP contribution in [0, 0.1) is 0 Å². The van der Waals surface area contributed by atoms with Gasteiger partial charge in [0.1, 0.15) is 11.4 Å². The van der Waals surface area contributed by atoms with Gasteiger partial charge in [-0.2, -0.15) is 0 Å². The Hall–Kier alpha value is -1.58. The predicted molar refractivity (Wildman–Crippen MR) is 41.3 cm³/mol. The highest BCUT2D eigenvalue weighted by molar-refractivity contribution is 6.20. The van der Waals surface area contributed by atoms with Crippen LogP contribution in [0.4, 0.5) is 0 Å². The number of allylic oxidation sites excluding steroid dienone is 4. The van der Waals surface area contributed by atoms with Crippen LogP contribution in [-0.2, 0) is 0 Å². The second-order valence-corrected chi connectivity index (χ2v) is 2.17. The summed E-state index contributed by atoms with van der Waals surface area (Å²) in [6.45, 7) is 1.77. The zero-order valence-electron chi connectivity index (χ0n) is 6.02. The van der Waals surface area contributed by atoms with E-state index in [2.05, 4.69) is 10.3 Å². The monoisotopic (exact) mass is 152 g/mol. The first-order chi connectivity index (χ1) is 5.27. The number of hydrogen-bond acceptors (Lipinski definition) is 4. The lowest BCUT2D eigenvalue weighted by atomic mass is 10.0. The van der Waals surface area contributed by atoms with Crippen molar-refractivity contribution in [3.8, 4) is 0 Å². The average molecular weight is 152 g/mol. The molecular weight excluding hydrogens is 144 g/mol. The van der Waals surface area contributed by atoms with Gasteiger partial charge in [-0.3, -0.25) is 0 Å². The molecule has 1 aliphatic rings. The highest BCUT2D eigenvalue weighted by atomic mass is 16.4. The molecule has 4 nitrogen and oxygen atoms in total. The summed E-state index contributed by atoms with van der Waals surface area (Å²) in [7, 11) is 0. The van der Waals surface area contributed by atoms with Crippen molar-refractivity contribution < 1.29 is 10.4 Å². The van der Waals surface area contributed by atoms with Gasteiger partial charge in [-0.15, -0.1) is 0 Å². The standard InChI is InChI=1S/C7H8N2O2/c1-5-4-6(8-10)2-3-7(5)9-11/h2-4,10-11H,1H3. The first-order valence-corrected chi connectivity index (χ1v) is 3.09. The lowest BCUT2D eigenvalue weighted by Gasteiger charge is -2.03. The van der Waals surface area contributed by atoms with Gasteiger partial charge in [0, 0.05) is 0 Å². The fourth-order valence-corrected chi connectivity index (χ4v) is 0.814. The van der Waals surface area contributed by atoms with Crippen molar-refractivity contribution in [1.82, 2.24) is 0 Å². The Kier molecular flexibility index (Phi) is 2.06. The van der Waals surface area contributed by atoms with Crippen molar-refractivity contribution in [1.29, 1.82) is 0 Å². The van der Waals surface area contributed by atoms with E-state index >= 15 is 0 Å². The first kappa shape index (κ1) is 7.53. The van der Waals surface area contributed by atoms with Gasteiger partial charge in [0.25, 0.3) is 0 Å². The molecule has 1 rings (SSSR count). The van der Waals surface area contributed by atoms with Gasteiger partial charge in [0.15, 0.2) is 0 Å². The lowest BCUT2D eigenvalue weighted by Crippen LogP contribution is -2.05. The maximum absolute atomic E-state index is 8.41. The number of rotatable bonds is 0. The maximum atomic E-state index is 8.41. The lowest BCUT2D eigenvalue weighted by molar-refractivity contribution is 0.318. The van der Waals surface area contributed by atoms with Crippen LogP contribution in [0.3, 0.4) is 0 Å². The summed E-state index contributed by atoms with van der Waals surface area (Å²) in [5, 5.41) is 22.8. The van der Waals surface area contributed by atoms with Gasteiger partial charge >= 0.3 is 0 Å². The summed E-state index contributed by atoms with van der Waals surface area (Å²) in [6, 6.07) is 0. The van der Waals surface area contributed by atoms with E-state index < -0.39 is 0 Å². The molecule has 4 heteroatoms. The van der Waals surface area contributed by atoms with Crippen LogP contribution in [0.5, 0.6) is 0 Å². The molecule has 0 saturated carbocycles. The normalized spacial score (nSPS) is 24.3. The molecule has 0 bridgehead atoms. The summed E-state index contributed by atoms with van der Waals surface area (Å²) in [6.07, 6.45) is 4.75. The highest BCUT2D eigenvalue weighted by Crippen LogP contribution is 2.05. The van der Waals surface area contributed by atoms with Gasteiger partial charge in [-0.05, 0) is 30.7 Å². The van der Waals surface area contributed by atoms with Gasteiger partial charge in [0.2, 0.25) is 0 Å². The van der Waals surface area contributed by atoms with Crippen LogP contribution < -0.4 is 0 Å². The molecule has 0 aromatic carbocycles. The molecule has 0 saturated heterocycles. The fourth-order valence-electron chi connectivity index (χ4n) is 0.814. The second-order valence-electron chi connectivity index (χ2n) is 2.17. The molecule has 0 aromatic rings. The van der Waals surface area contributed by atoms with Crippen molar-refractivity contribution in [2.75, 3.05) is 0 Å². The predicted octanol–water partition coefficient (Wildman–Crippen LogP) is 1.16. The minimum atomic E-state index is 0.454. The number of hydrogen-bond donors (Lipinski definition) is 2. The minimum absolute atomic E-state index is 0.454. The number of oxime groups is 2. The Morgan fingerprint density at radius 2 is 1.91 bits per heavy atom. The topological polar surface area (TPSA) is 65.2 Å². The van der Waals surface area contributed by atoms with Gasteiger partial charge in [0.05, 0.1) is 0 Å². The van der Waals surface area contributed by atoms with Crippen molar-refractivity contribution in [2.24, 2.45) is 10.3 Å². The fraction of sp³-hybridized carbons (Fsp3) is 0.143. The Labute approximate surface area is 63.8 Å². The Bertz CT molecular complexity index is 274. The van der Waals surface area contributed by atoms with E-state index in [9.17, 15) is 0 Å². The highest BCUT2D eigenvalue weighted by Gasteiger charge is 2.05. The zero-order chi connectivity index (χ0) is 8.27. The van der Waals surface area contributed by atoms with Crippen molar-refractivity contribution in [2.45, 2.75) is 6.92 Å². The molecule has 0 aromatic heterocycles. The van der Waals surface area contributed by atoms with Crippen molar-refractivity contribution in [3.63, 3.8) is 0 Å². The summed E-state index contributed by atoms with van der Waals surface area (Å²) in [5.74, 6) is 0. The molecular formula is C7H8N2O2. The van der Waals surface area contributed by atoms with E-state index in [1.165, 1.54) is 0 Å². The molecule has 2 N–H and O–H groups in total. The Morgan fingerprint density at radius 3 is 2.36 bits per heavy atom. The van der Waals surface area contributed by atoms with E-state index in [0.717, 1.165) is 5.57 Å². The molecule has 0 fully saturated rings. The van der Waals surface area contributed by atoms with E-state index in [0.29, 0.717) is 11.4 Å². The van der Waals surface area contributed by atoms with Crippen LogP contribution in [0.1, 0.15) is 6.92 Å². The average Bonchev–Trinajstić information content (AvgIpc) is 2.04. The van der Waals surface area contributed by atoms with E-state index in [1.807, 2.05) is 0 Å². The second kappa shape index (κ2) is 3.01. The molecule has 1 aliphatic carbocycles. The third-order valence-corrected chi connectivity index (χ3v) is 1.40. The number of nitrogens with zero attached hydrogens (tertiary/aromatic N) is 2.